The monoisotopic (exact) mass is 337 g/mol. The number of hydrazone groups is 1. The Bertz CT molecular complexity index is 774. The lowest BCUT2D eigenvalue weighted by molar-refractivity contribution is 0.0779. The third kappa shape index (κ3) is 2.74. The van der Waals surface area contributed by atoms with Gasteiger partial charge in [-0.2, -0.15) is 5.12 Å². The van der Waals surface area contributed by atoms with Gasteiger partial charge in [-0.15, -0.1) is 9.52 Å². The van der Waals surface area contributed by atoms with Crippen LogP contribution in [0.4, 0.5) is 5.69 Å². The summed E-state index contributed by atoms with van der Waals surface area (Å²) in [6.07, 6.45) is 0. The van der Waals surface area contributed by atoms with Crippen molar-refractivity contribution in [2.45, 2.75) is 13.8 Å². The number of hydrazine groups is 3. The maximum absolute atomic E-state index is 4.81. The van der Waals surface area contributed by atoms with Crippen LogP contribution in [0, 0.1) is 0 Å². The third-order valence-corrected chi connectivity index (χ3v) is 5.15. The minimum atomic E-state index is 0.835. The molecule has 0 unspecified atom stereocenters. The Balaban J connectivity index is 1.67. The zero-order chi connectivity index (χ0) is 16.5. The molecular formula is C18H19N5S. The molecule has 2 aromatic rings. The first-order chi connectivity index (χ1) is 11.7. The largest absolute Gasteiger partial charge is 0.258 e. The average Bonchev–Trinajstić information content (AvgIpc) is 3.21. The molecule has 5 nitrogen and oxygen atoms in total. The van der Waals surface area contributed by atoms with Crippen molar-refractivity contribution in [2.75, 3.05) is 11.7 Å². The highest BCUT2D eigenvalue weighted by Crippen LogP contribution is 2.36. The number of benzene rings is 2. The number of rotatable bonds is 3. The van der Waals surface area contributed by atoms with Crippen LogP contribution in [0.5, 0.6) is 0 Å². The van der Waals surface area contributed by atoms with Gasteiger partial charge in [0.1, 0.15) is 0 Å². The first kappa shape index (κ1) is 15.1. The number of nitrogens with zero attached hydrogens (tertiary/aromatic N) is 4. The van der Waals surface area contributed by atoms with Gasteiger partial charge in [-0.3, -0.25) is 5.43 Å². The van der Waals surface area contributed by atoms with Crippen LogP contribution in [-0.4, -0.2) is 22.0 Å². The van der Waals surface area contributed by atoms with E-state index in [0.717, 1.165) is 23.6 Å². The second kappa shape index (κ2) is 6.22. The van der Waals surface area contributed by atoms with Gasteiger partial charge in [0.05, 0.1) is 12.2 Å². The van der Waals surface area contributed by atoms with E-state index < -0.39 is 0 Å². The molecule has 2 aromatic carbocycles. The molecule has 1 N–H and O–H groups in total. The van der Waals surface area contributed by atoms with E-state index in [0.29, 0.717) is 0 Å². The van der Waals surface area contributed by atoms with Crippen LogP contribution >= 0.6 is 11.9 Å². The summed E-state index contributed by atoms with van der Waals surface area (Å²) in [5.41, 5.74) is 6.89. The van der Waals surface area contributed by atoms with Gasteiger partial charge in [-0.25, -0.2) is 0 Å². The number of nitrogens with one attached hydrogen (secondary N) is 1. The molecule has 0 saturated heterocycles. The van der Waals surface area contributed by atoms with Gasteiger partial charge in [-0.1, -0.05) is 53.8 Å². The molecular weight excluding hydrogens is 318 g/mol. The second-order valence-corrected chi connectivity index (χ2v) is 7.00. The van der Waals surface area contributed by atoms with E-state index in [4.69, 9.17) is 5.10 Å². The molecule has 0 bridgehead atoms. The van der Waals surface area contributed by atoms with E-state index in [1.807, 2.05) is 46.7 Å². The number of amidine groups is 1. The van der Waals surface area contributed by atoms with E-state index in [2.05, 4.69) is 48.0 Å². The van der Waals surface area contributed by atoms with E-state index in [1.165, 1.54) is 10.5 Å². The van der Waals surface area contributed by atoms with Crippen LogP contribution in [0.3, 0.4) is 0 Å². The molecule has 24 heavy (non-hydrogen) atoms. The normalized spacial score (nSPS) is 18.2. The zero-order valence-corrected chi connectivity index (χ0v) is 14.5. The van der Waals surface area contributed by atoms with Gasteiger partial charge in [0.15, 0.2) is 5.84 Å². The Morgan fingerprint density at radius 1 is 0.958 bits per heavy atom. The molecule has 0 amide bonds. The SMILES string of the molecule is CC1=C(C)SN(N2N=C(c3ccccc3)NN2c2ccccc2)C1. The molecule has 0 radical (unpaired) electrons. The lowest BCUT2D eigenvalue weighted by Gasteiger charge is -2.32. The standard InChI is InChI=1S/C18H19N5S/c1-14-13-21(24-15(14)2)23-20-18(16-9-5-3-6-10-16)19-22(23)17-11-7-4-8-12-17/h3-12H,13H2,1-2H3,(H,19,20). The van der Waals surface area contributed by atoms with E-state index in [9.17, 15) is 0 Å². The fourth-order valence-corrected chi connectivity index (χ4v) is 3.57. The van der Waals surface area contributed by atoms with Crippen molar-refractivity contribution in [3.63, 3.8) is 0 Å². The van der Waals surface area contributed by atoms with Gasteiger partial charge in [-0.05, 0) is 48.4 Å². The first-order valence-corrected chi connectivity index (χ1v) is 8.67. The Labute approximate surface area is 146 Å². The molecule has 0 aliphatic carbocycles. The minimum Gasteiger partial charge on any atom is -0.258 e. The van der Waals surface area contributed by atoms with E-state index in [1.54, 1.807) is 11.9 Å². The quantitative estimate of drug-likeness (QED) is 0.863. The maximum Gasteiger partial charge on any atom is 0.177 e. The first-order valence-electron chi connectivity index (χ1n) is 7.90. The van der Waals surface area contributed by atoms with Crippen LogP contribution in [0.15, 0.2) is 76.2 Å². The Hall–Kier alpha value is -2.44. The summed E-state index contributed by atoms with van der Waals surface area (Å²) in [5, 5.41) is 8.69. The summed E-state index contributed by atoms with van der Waals surface area (Å²) < 4.78 is 2.15. The minimum absolute atomic E-state index is 0.835. The average molecular weight is 337 g/mol. The van der Waals surface area contributed by atoms with Gasteiger partial charge in [0.25, 0.3) is 0 Å². The Morgan fingerprint density at radius 3 is 2.25 bits per heavy atom. The lowest BCUT2D eigenvalue weighted by atomic mass is 10.2. The van der Waals surface area contributed by atoms with Crippen molar-refractivity contribution in [1.29, 1.82) is 0 Å². The van der Waals surface area contributed by atoms with Crippen molar-refractivity contribution >= 4 is 23.5 Å². The van der Waals surface area contributed by atoms with Crippen LogP contribution in [-0.2, 0) is 0 Å². The molecule has 4 rings (SSSR count). The molecule has 0 saturated carbocycles. The smallest absolute Gasteiger partial charge is 0.177 e. The topological polar surface area (TPSA) is 34.1 Å². The summed E-state index contributed by atoms with van der Waals surface area (Å²) >= 11 is 1.72. The lowest BCUT2D eigenvalue weighted by Crippen LogP contribution is -2.49. The summed E-state index contributed by atoms with van der Waals surface area (Å²) in [6.45, 7) is 5.17. The number of hydrogen-bond acceptors (Lipinski definition) is 6. The molecule has 6 heteroatoms. The molecule has 0 fully saturated rings. The van der Waals surface area contributed by atoms with Crippen LogP contribution < -0.4 is 10.5 Å². The number of anilines is 1. The predicted octanol–water partition coefficient (Wildman–Crippen LogP) is 3.76. The van der Waals surface area contributed by atoms with Gasteiger partial charge < -0.3 is 0 Å². The maximum atomic E-state index is 4.81. The van der Waals surface area contributed by atoms with Crippen molar-refractivity contribution in [1.82, 2.24) is 15.1 Å². The van der Waals surface area contributed by atoms with Gasteiger partial charge in [0.2, 0.25) is 0 Å². The molecule has 2 heterocycles. The number of hydrogen-bond donors (Lipinski definition) is 1. The van der Waals surface area contributed by atoms with Crippen LogP contribution in [0.25, 0.3) is 0 Å². The summed E-state index contributed by atoms with van der Waals surface area (Å²) in [6, 6.07) is 20.4. The van der Waals surface area contributed by atoms with Crippen molar-refractivity contribution in [3.05, 3.63) is 76.7 Å². The third-order valence-electron chi connectivity index (χ3n) is 4.04. The fourth-order valence-electron chi connectivity index (χ4n) is 2.59. The number of para-hydroxylation sites is 1. The Morgan fingerprint density at radius 2 is 1.62 bits per heavy atom. The van der Waals surface area contributed by atoms with Crippen molar-refractivity contribution < 1.29 is 0 Å². The van der Waals surface area contributed by atoms with Crippen molar-refractivity contribution in [2.24, 2.45) is 5.10 Å². The van der Waals surface area contributed by atoms with Gasteiger partial charge in [0, 0.05) is 5.56 Å². The Kier molecular flexibility index (Phi) is 3.92. The zero-order valence-electron chi connectivity index (χ0n) is 13.7. The summed E-state index contributed by atoms with van der Waals surface area (Å²) in [7, 11) is 0. The molecule has 0 atom stereocenters. The number of allylic oxidation sites excluding steroid dienone is 1. The highest BCUT2D eigenvalue weighted by molar-refractivity contribution is 8.01. The molecule has 2 aliphatic rings. The second-order valence-electron chi connectivity index (χ2n) is 5.78. The molecule has 0 spiro atoms. The highest BCUT2D eigenvalue weighted by atomic mass is 32.2. The highest BCUT2D eigenvalue weighted by Gasteiger charge is 2.33. The molecule has 2 aliphatic heterocycles. The molecule has 122 valence electrons. The predicted molar refractivity (Wildman–Crippen MR) is 99.5 cm³/mol. The summed E-state index contributed by atoms with van der Waals surface area (Å²) in [5.74, 6) is 0.835. The van der Waals surface area contributed by atoms with Gasteiger partial charge >= 0.3 is 0 Å². The summed E-state index contributed by atoms with van der Waals surface area (Å²) in [4.78, 5) is 1.33. The van der Waals surface area contributed by atoms with Crippen LogP contribution in [0.1, 0.15) is 19.4 Å². The van der Waals surface area contributed by atoms with Crippen LogP contribution in [0.2, 0.25) is 0 Å². The van der Waals surface area contributed by atoms with Crippen molar-refractivity contribution in [3.8, 4) is 0 Å². The molecule has 0 aromatic heterocycles. The fraction of sp³-hybridized carbons (Fsp3) is 0.167. The van der Waals surface area contributed by atoms with E-state index in [-0.39, 0.29) is 0 Å². The van der Waals surface area contributed by atoms with E-state index >= 15 is 0 Å².